The molecule has 0 heterocycles. The molecule has 2 aromatic rings. The average Bonchev–Trinajstić information content (AvgIpc) is 2.72. The fourth-order valence-electron chi connectivity index (χ4n) is 3.13. The molecule has 0 fully saturated rings. The van der Waals surface area contributed by atoms with E-state index in [0.29, 0.717) is 23.3 Å². The molecule has 0 bridgehead atoms. The van der Waals surface area contributed by atoms with E-state index in [0.717, 1.165) is 31.2 Å². The molecule has 0 aromatic heterocycles. The molecule has 0 aliphatic carbocycles. The number of benzene rings is 2. The van der Waals surface area contributed by atoms with Gasteiger partial charge < -0.3 is 9.47 Å². The van der Waals surface area contributed by atoms with Crippen molar-refractivity contribution < 1.29 is 23.5 Å². The van der Waals surface area contributed by atoms with Crippen LogP contribution in [0.5, 0.6) is 0 Å². The first kappa shape index (κ1) is 22.6. The van der Waals surface area contributed by atoms with Crippen molar-refractivity contribution in [3.63, 3.8) is 0 Å². The van der Waals surface area contributed by atoms with Crippen LogP contribution >= 0.6 is 0 Å². The average molecular weight is 400 g/mol. The number of carbonyl (C=O) groups excluding carboxylic acids is 2. The Balaban J connectivity index is 2.05. The molecule has 0 aliphatic heterocycles. The van der Waals surface area contributed by atoms with E-state index in [1.54, 1.807) is 37.3 Å². The number of hydrogen-bond donors (Lipinski definition) is 0. The van der Waals surface area contributed by atoms with E-state index < -0.39 is 17.7 Å². The number of hydrogen-bond acceptors (Lipinski definition) is 4. The highest BCUT2D eigenvalue weighted by Crippen LogP contribution is 2.27. The van der Waals surface area contributed by atoms with Crippen molar-refractivity contribution >= 4 is 11.9 Å². The van der Waals surface area contributed by atoms with Crippen LogP contribution in [0, 0.1) is 5.82 Å². The second-order valence-electron chi connectivity index (χ2n) is 7.14. The summed E-state index contributed by atoms with van der Waals surface area (Å²) in [5.74, 6) is -1.65. The number of halogens is 1. The van der Waals surface area contributed by atoms with E-state index in [9.17, 15) is 14.0 Å². The summed E-state index contributed by atoms with van der Waals surface area (Å²) in [5.41, 5.74) is 2.42. The molecule has 0 saturated heterocycles. The Morgan fingerprint density at radius 1 is 1.07 bits per heavy atom. The fraction of sp³-hybridized carbons (Fsp3) is 0.417. The topological polar surface area (TPSA) is 52.6 Å². The second kappa shape index (κ2) is 11.3. The van der Waals surface area contributed by atoms with Gasteiger partial charge in [0.1, 0.15) is 5.82 Å². The Morgan fingerprint density at radius 3 is 2.55 bits per heavy atom. The quantitative estimate of drug-likeness (QED) is 0.394. The Morgan fingerprint density at radius 2 is 1.86 bits per heavy atom. The van der Waals surface area contributed by atoms with Crippen LogP contribution in [-0.4, -0.2) is 25.7 Å². The minimum atomic E-state index is -0.540. The predicted molar refractivity (Wildman–Crippen MR) is 111 cm³/mol. The molecule has 2 rings (SSSR count). The van der Waals surface area contributed by atoms with Gasteiger partial charge in [0.2, 0.25) is 0 Å². The molecule has 29 heavy (non-hydrogen) atoms. The normalized spacial score (nSPS) is 11.7. The van der Waals surface area contributed by atoms with Crippen LogP contribution in [-0.2, 0) is 25.5 Å². The molecule has 0 aliphatic rings. The third-order valence-corrected chi connectivity index (χ3v) is 4.90. The summed E-state index contributed by atoms with van der Waals surface area (Å²) in [7, 11) is 1.31. The van der Waals surface area contributed by atoms with Crippen molar-refractivity contribution in [2.45, 2.75) is 51.9 Å². The first-order valence-electron chi connectivity index (χ1n) is 10.1. The van der Waals surface area contributed by atoms with E-state index in [4.69, 9.17) is 9.47 Å². The molecule has 0 N–H and O–H groups in total. The standard InChI is InChI=1S/C24H29FO4/c1-4-5-6-7-13-29-23(26)15-18-9-8-10-20(14-18)21-12-11-19(16-22(21)25)17(2)24(27)28-3/h8-12,14,16-17H,4-7,13,15H2,1-3H3. The van der Waals surface area contributed by atoms with Crippen LogP contribution < -0.4 is 0 Å². The van der Waals surface area contributed by atoms with Gasteiger partial charge in [0, 0.05) is 5.56 Å². The van der Waals surface area contributed by atoms with Gasteiger partial charge in [0.25, 0.3) is 0 Å². The summed E-state index contributed by atoms with van der Waals surface area (Å²) in [6.45, 7) is 4.25. The van der Waals surface area contributed by atoms with Gasteiger partial charge in [-0.05, 0) is 36.1 Å². The molecular formula is C24H29FO4. The Labute approximate surface area is 172 Å². The lowest BCUT2D eigenvalue weighted by molar-refractivity contribution is -0.143. The summed E-state index contributed by atoms with van der Waals surface area (Å²) >= 11 is 0. The van der Waals surface area contributed by atoms with Crippen molar-refractivity contribution in [3.05, 3.63) is 59.4 Å². The van der Waals surface area contributed by atoms with Gasteiger partial charge in [-0.25, -0.2) is 4.39 Å². The highest BCUT2D eigenvalue weighted by atomic mass is 19.1. The van der Waals surface area contributed by atoms with Crippen LogP contribution in [0.1, 0.15) is 56.6 Å². The third kappa shape index (κ3) is 6.70. The number of methoxy groups -OCH3 is 1. The van der Waals surface area contributed by atoms with Crippen LogP contribution in [0.3, 0.4) is 0 Å². The molecule has 156 valence electrons. The Hall–Kier alpha value is -2.69. The minimum absolute atomic E-state index is 0.153. The molecule has 1 unspecified atom stereocenters. The summed E-state index contributed by atoms with van der Waals surface area (Å²) in [4.78, 5) is 23.7. The first-order chi connectivity index (χ1) is 14.0. The maximum atomic E-state index is 14.7. The van der Waals surface area contributed by atoms with Gasteiger partial charge in [-0.1, -0.05) is 62.6 Å². The molecule has 4 nitrogen and oxygen atoms in total. The fourth-order valence-corrected chi connectivity index (χ4v) is 3.13. The second-order valence-corrected chi connectivity index (χ2v) is 7.14. The maximum absolute atomic E-state index is 14.7. The van der Waals surface area contributed by atoms with Gasteiger partial charge in [-0.2, -0.15) is 0 Å². The van der Waals surface area contributed by atoms with Gasteiger partial charge in [-0.3, -0.25) is 9.59 Å². The number of rotatable bonds is 10. The SMILES string of the molecule is CCCCCCOC(=O)Cc1cccc(-c2ccc(C(C)C(=O)OC)cc2F)c1. The van der Waals surface area contributed by atoms with Gasteiger partial charge >= 0.3 is 11.9 Å². The van der Waals surface area contributed by atoms with Gasteiger partial charge in [0.05, 0.1) is 26.1 Å². The monoisotopic (exact) mass is 400 g/mol. The highest BCUT2D eigenvalue weighted by Gasteiger charge is 2.18. The van der Waals surface area contributed by atoms with Gasteiger partial charge in [-0.15, -0.1) is 0 Å². The Bertz CT molecular complexity index is 831. The van der Waals surface area contributed by atoms with Gasteiger partial charge in [0.15, 0.2) is 0 Å². The molecule has 5 heteroatoms. The van der Waals surface area contributed by atoms with E-state index in [1.165, 1.54) is 13.2 Å². The molecule has 0 saturated carbocycles. The van der Waals surface area contributed by atoms with Crippen molar-refractivity contribution in [2.24, 2.45) is 0 Å². The molecule has 0 spiro atoms. The smallest absolute Gasteiger partial charge is 0.312 e. The zero-order valence-electron chi connectivity index (χ0n) is 17.4. The number of unbranched alkanes of at least 4 members (excludes halogenated alkanes) is 3. The van der Waals surface area contributed by atoms with Crippen LogP contribution in [0.2, 0.25) is 0 Å². The number of esters is 2. The molecular weight excluding hydrogens is 371 g/mol. The summed E-state index contributed by atoms with van der Waals surface area (Å²) in [6.07, 6.45) is 4.37. The Kier molecular flexibility index (Phi) is 8.84. The molecule has 0 amide bonds. The first-order valence-corrected chi connectivity index (χ1v) is 10.1. The summed E-state index contributed by atoms with van der Waals surface area (Å²) < 4.78 is 24.7. The maximum Gasteiger partial charge on any atom is 0.312 e. The van der Waals surface area contributed by atoms with E-state index in [2.05, 4.69) is 6.92 Å². The minimum Gasteiger partial charge on any atom is -0.469 e. The van der Waals surface area contributed by atoms with E-state index >= 15 is 0 Å². The van der Waals surface area contributed by atoms with Crippen molar-refractivity contribution in [3.8, 4) is 11.1 Å². The lowest BCUT2D eigenvalue weighted by Gasteiger charge is -2.12. The van der Waals surface area contributed by atoms with E-state index in [-0.39, 0.29) is 12.4 Å². The van der Waals surface area contributed by atoms with Crippen LogP contribution in [0.25, 0.3) is 11.1 Å². The molecule has 2 aromatic carbocycles. The summed E-state index contributed by atoms with van der Waals surface area (Å²) in [5, 5.41) is 0. The zero-order valence-corrected chi connectivity index (χ0v) is 17.4. The number of ether oxygens (including phenoxy) is 2. The third-order valence-electron chi connectivity index (χ3n) is 4.90. The van der Waals surface area contributed by atoms with Crippen molar-refractivity contribution in [1.82, 2.24) is 0 Å². The van der Waals surface area contributed by atoms with Crippen LogP contribution in [0.4, 0.5) is 4.39 Å². The lowest BCUT2D eigenvalue weighted by atomic mass is 9.96. The highest BCUT2D eigenvalue weighted by molar-refractivity contribution is 5.78. The molecule has 1 atom stereocenters. The zero-order chi connectivity index (χ0) is 21.2. The number of carbonyl (C=O) groups is 2. The summed E-state index contributed by atoms with van der Waals surface area (Å²) in [6, 6.07) is 11.9. The van der Waals surface area contributed by atoms with E-state index in [1.807, 2.05) is 6.07 Å². The largest absolute Gasteiger partial charge is 0.469 e. The predicted octanol–water partition coefficient (Wildman–Crippen LogP) is 5.44. The van der Waals surface area contributed by atoms with Crippen molar-refractivity contribution in [1.29, 1.82) is 0 Å². The molecule has 0 radical (unpaired) electrons. The lowest BCUT2D eigenvalue weighted by Crippen LogP contribution is -2.11. The van der Waals surface area contributed by atoms with Crippen LogP contribution in [0.15, 0.2) is 42.5 Å². The van der Waals surface area contributed by atoms with Crippen molar-refractivity contribution in [2.75, 3.05) is 13.7 Å².